The molecule has 0 radical (unpaired) electrons. The summed E-state index contributed by atoms with van der Waals surface area (Å²) in [6, 6.07) is 2.77. The third kappa shape index (κ3) is 3.36. The topological polar surface area (TPSA) is 92.9 Å². The number of nitrogens with two attached hydrogens (primary N) is 1. The maximum atomic E-state index is 12.2. The lowest BCUT2D eigenvalue weighted by atomic mass is 10.1. The molecule has 0 spiro atoms. The molecule has 0 saturated carbocycles. The Kier molecular flexibility index (Phi) is 3.67. The van der Waals surface area contributed by atoms with Gasteiger partial charge in [0.25, 0.3) is 0 Å². The smallest absolute Gasteiger partial charge is 0.506 e. The second-order valence-corrected chi connectivity index (χ2v) is 4.51. The molecule has 1 heterocycles. The second-order valence-electron chi connectivity index (χ2n) is 4.51. The molecular weight excluding hydrogens is 293 g/mol. The van der Waals surface area contributed by atoms with E-state index in [-0.39, 0.29) is 18.7 Å². The molecule has 1 atom stereocenters. The van der Waals surface area contributed by atoms with Crippen LogP contribution in [0.4, 0.5) is 18.9 Å². The van der Waals surface area contributed by atoms with Crippen molar-refractivity contribution >= 4 is 17.5 Å². The lowest BCUT2D eigenvalue weighted by molar-refractivity contribution is -0.274. The van der Waals surface area contributed by atoms with Gasteiger partial charge in [-0.15, -0.1) is 13.2 Å². The number of halogens is 3. The fourth-order valence-electron chi connectivity index (χ4n) is 2.05. The number of hydrogen-bond donors (Lipinski definition) is 2. The minimum absolute atomic E-state index is 0.100. The predicted molar refractivity (Wildman–Crippen MR) is 64.4 cm³/mol. The monoisotopic (exact) mass is 304 g/mol. The molecule has 9 heteroatoms. The highest BCUT2D eigenvalue weighted by molar-refractivity contribution is 6.01. The van der Waals surface area contributed by atoms with Crippen LogP contribution in [0.25, 0.3) is 0 Å². The SMILES string of the molecule is NC(=O)C1CC(=O)N(c2cc(OC(F)(F)F)ccc2O)C1. The van der Waals surface area contributed by atoms with E-state index in [4.69, 9.17) is 5.73 Å². The zero-order valence-corrected chi connectivity index (χ0v) is 10.6. The van der Waals surface area contributed by atoms with Crippen molar-refractivity contribution in [3.63, 3.8) is 0 Å². The molecule has 1 aromatic carbocycles. The highest BCUT2D eigenvalue weighted by Gasteiger charge is 2.36. The van der Waals surface area contributed by atoms with E-state index >= 15 is 0 Å². The quantitative estimate of drug-likeness (QED) is 0.875. The van der Waals surface area contributed by atoms with Crippen LogP contribution in [0.15, 0.2) is 18.2 Å². The van der Waals surface area contributed by atoms with Crippen LogP contribution < -0.4 is 15.4 Å². The molecule has 1 fully saturated rings. The molecular formula is C12H11F3N2O4. The summed E-state index contributed by atoms with van der Waals surface area (Å²) < 4.78 is 40.2. The molecule has 0 bridgehead atoms. The number of nitrogens with zero attached hydrogens (tertiary/aromatic N) is 1. The van der Waals surface area contributed by atoms with Crippen LogP contribution in [0.1, 0.15) is 6.42 Å². The number of carbonyl (C=O) groups is 2. The number of hydrogen-bond acceptors (Lipinski definition) is 4. The van der Waals surface area contributed by atoms with Gasteiger partial charge >= 0.3 is 6.36 Å². The van der Waals surface area contributed by atoms with Gasteiger partial charge < -0.3 is 20.5 Å². The van der Waals surface area contributed by atoms with Crippen molar-refractivity contribution in [2.24, 2.45) is 11.7 Å². The summed E-state index contributed by atoms with van der Waals surface area (Å²) in [6.07, 6.45) is -5.04. The van der Waals surface area contributed by atoms with E-state index < -0.39 is 35.6 Å². The Bertz CT molecular complexity index is 588. The van der Waals surface area contributed by atoms with Crippen LogP contribution in [0.3, 0.4) is 0 Å². The zero-order chi connectivity index (χ0) is 15.8. The molecule has 1 aliphatic rings. The Morgan fingerprint density at radius 1 is 1.43 bits per heavy atom. The van der Waals surface area contributed by atoms with Crippen molar-refractivity contribution < 1.29 is 32.6 Å². The number of carbonyl (C=O) groups excluding carboxylic acids is 2. The van der Waals surface area contributed by atoms with Crippen molar-refractivity contribution in [2.75, 3.05) is 11.4 Å². The van der Waals surface area contributed by atoms with Gasteiger partial charge in [0.1, 0.15) is 11.5 Å². The summed E-state index contributed by atoms with van der Waals surface area (Å²) in [7, 11) is 0. The van der Waals surface area contributed by atoms with E-state index in [1.165, 1.54) is 0 Å². The summed E-state index contributed by atoms with van der Waals surface area (Å²) >= 11 is 0. The average molecular weight is 304 g/mol. The van der Waals surface area contributed by atoms with Crippen molar-refractivity contribution in [2.45, 2.75) is 12.8 Å². The first kappa shape index (κ1) is 14.9. The maximum Gasteiger partial charge on any atom is 0.573 e. The third-order valence-electron chi connectivity index (χ3n) is 3.00. The predicted octanol–water partition coefficient (Wildman–Crippen LogP) is 1.13. The number of phenolic OH excluding ortho intramolecular Hbond substituents is 1. The third-order valence-corrected chi connectivity index (χ3v) is 3.00. The van der Waals surface area contributed by atoms with Crippen LogP contribution in [0.5, 0.6) is 11.5 Å². The summed E-state index contributed by atoms with van der Waals surface area (Å²) in [5.41, 5.74) is 4.94. The summed E-state index contributed by atoms with van der Waals surface area (Å²) in [4.78, 5) is 23.9. The lowest BCUT2D eigenvalue weighted by Crippen LogP contribution is -2.28. The lowest BCUT2D eigenvalue weighted by Gasteiger charge is -2.19. The Hall–Kier alpha value is -2.45. The average Bonchev–Trinajstić information content (AvgIpc) is 2.72. The number of amides is 2. The molecule has 1 aromatic rings. The first-order valence-corrected chi connectivity index (χ1v) is 5.86. The van der Waals surface area contributed by atoms with Gasteiger partial charge in [-0.25, -0.2) is 0 Å². The second kappa shape index (κ2) is 5.15. The van der Waals surface area contributed by atoms with Gasteiger partial charge in [-0.05, 0) is 12.1 Å². The molecule has 114 valence electrons. The number of rotatable bonds is 3. The van der Waals surface area contributed by atoms with Crippen LogP contribution in [0, 0.1) is 5.92 Å². The van der Waals surface area contributed by atoms with E-state index in [0.717, 1.165) is 23.1 Å². The van der Waals surface area contributed by atoms with E-state index in [1.54, 1.807) is 0 Å². The van der Waals surface area contributed by atoms with E-state index in [1.807, 2.05) is 0 Å². The Morgan fingerprint density at radius 3 is 2.62 bits per heavy atom. The molecule has 1 unspecified atom stereocenters. The van der Waals surface area contributed by atoms with Crippen molar-refractivity contribution in [3.05, 3.63) is 18.2 Å². The van der Waals surface area contributed by atoms with Crippen LogP contribution in [0.2, 0.25) is 0 Å². The van der Waals surface area contributed by atoms with Crippen molar-refractivity contribution in [1.29, 1.82) is 0 Å². The number of benzene rings is 1. The molecule has 2 rings (SSSR count). The molecule has 0 aromatic heterocycles. The molecule has 1 saturated heterocycles. The molecule has 3 N–H and O–H groups in total. The molecule has 6 nitrogen and oxygen atoms in total. The molecule has 21 heavy (non-hydrogen) atoms. The van der Waals surface area contributed by atoms with E-state index in [2.05, 4.69) is 4.74 Å². The van der Waals surface area contributed by atoms with Crippen LogP contribution in [-0.2, 0) is 9.59 Å². The largest absolute Gasteiger partial charge is 0.573 e. The maximum absolute atomic E-state index is 12.2. The van der Waals surface area contributed by atoms with Gasteiger partial charge in [-0.3, -0.25) is 9.59 Å². The van der Waals surface area contributed by atoms with Gasteiger partial charge in [0.2, 0.25) is 11.8 Å². The molecule has 0 aliphatic carbocycles. The standard InChI is InChI=1S/C12H11F3N2O4/c13-12(14,15)21-7-1-2-9(18)8(4-7)17-5-6(11(16)20)3-10(17)19/h1-2,4,6,18H,3,5H2,(H2,16,20). The Labute approximate surface area is 116 Å². The number of anilines is 1. The summed E-state index contributed by atoms with van der Waals surface area (Å²) in [6.45, 7) is -0.100. The number of alkyl halides is 3. The number of phenols is 1. The van der Waals surface area contributed by atoms with Gasteiger partial charge in [-0.2, -0.15) is 0 Å². The zero-order valence-electron chi connectivity index (χ0n) is 10.6. The number of ether oxygens (including phenoxy) is 1. The fraction of sp³-hybridized carbons (Fsp3) is 0.333. The van der Waals surface area contributed by atoms with Crippen LogP contribution in [-0.4, -0.2) is 29.8 Å². The molecule has 1 aliphatic heterocycles. The van der Waals surface area contributed by atoms with Gasteiger partial charge in [0, 0.05) is 19.0 Å². The summed E-state index contributed by atoms with van der Waals surface area (Å²) in [5, 5.41) is 9.69. The van der Waals surface area contributed by atoms with Crippen molar-refractivity contribution in [1.82, 2.24) is 0 Å². The van der Waals surface area contributed by atoms with Crippen LogP contribution >= 0.6 is 0 Å². The van der Waals surface area contributed by atoms with Gasteiger partial charge in [0.05, 0.1) is 11.6 Å². The Balaban J connectivity index is 2.29. The van der Waals surface area contributed by atoms with E-state index in [9.17, 15) is 27.9 Å². The Morgan fingerprint density at radius 2 is 2.10 bits per heavy atom. The highest BCUT2D eigenvalue weighted by Crippen LogP contribution is 2.36. The highest BCUT2D eigenvalue weighted by atomic mass is 19.4. The first-order chi connectivity index (χ1) is 9.67. The minimum atomic E-state index is -4.89. The normalized spacial score (nSPS) is 18.9. The van der Waals surface area contributed by atoms with Crippen molar-refractivity contribution in [3.8, 4) is 11.5 Å². The summed E-state index contributed by atoms with van der Waals surface area (Å²) in [5.74, 6) is -2.93. The van der Waals surface area contributed by atoms with E-state index in [0.29, 0.717) is 0 Å². The first-order valence-electron chi connectivity index (χ1n) is 5.86. The molecule has 2 amide bonds. The minimum Gasteiger partial charge on any atom is -0.506 e. The number of primary amides is 1. The fourth-order valence-corrected chi connectivity index (χ4v) is 2.05. The van der Waals surface area contributed by atoms with Gasteiger partial charge in [-0.1, -0.05) is 0 Å². The number of aromatic hydroxyl groups is 1. The van der Waals surface area contributed by atoms with Gasteiger partial charge in [0.15, 0.2) is 0 Å².